The van der Waals surface area contributed by atoms with Crippen LogP contribution in [0.15, 0.2) is 24.3 Å². The first-order valence-electron chi connectivity index (χ1n) is 4.70. The largest absolute Gasteiger partial charge is 0.326 e. The molecule has 0 bridgehead atoms. The summed E-state index contributed by atoms with van der Waals surface area (Å²) in [7, 11) is -3.64. The Morgan fingerprint density at radius 3 is 2.81 bits per heavy atom. The molecule has 1 atom stereocenters. The maximum absolute atomic E-state index is 11.6. The van der Waals surface area contributed by atoms with E-state index < -0.39 is 15.3 Å². The molecular formula is C10H13N3O2S. The van der Waals surface area contributed by atoms with Crippen LogP contribution >= 0.6 is 0 Å². The van der Waals surface area contributed by atoms with Gasteiger partial charge in [0.1, 0.15) is 0 Å². The minimum absolute atomic E-state index is 0.337. The van der Waals surface area contributed by atoms with Crippen LogP contribution in [0, 0.1) is 11.3 Å². The van der Waals surface area contributed by atoms with Crippen LogP contribution in [0.5, 0.6) is 0 Å². The van der Waals surface area contributed by atoms with Gasteiger partial charge in [0.2, 0.25) is 10.0 Å². The monoisotopic (exact) mass is 239 g/mol. The summed E-state index contributed by atoms with van der Waals surface area (Å²) in [6.45, 7) is 1.67. The molecule has 1 rings (SSSR count). The molecule has 3 N–H and O–H groups in total. The van der Waals surface area contributed by atoms with Gasteiger partial charge in [-0.15, -0.1) is 0 Å². The zero-order valence-corrected chi connectivity index (χ0v) is 9.66. The van der Waals surface area contributed by atoms with Gasteiger partial charge < -0.3 is 5.73 Å². The molecule has 0 fully saturated rings. The summed E-state index contributed by atoms with van der Waals surface area (Å²) in [5, 5.41) is 7.47. The lowest BCUT2D eigenvalue weighted by Gasteiger charge is -2.09. The lowest BCUT2D eigenvalue weighted by Crippen LogP contribution is -2.23. The highest BCUT2D eigenvalue weighted by atomic mass is 32.2. The number of nitrogens with one attached hydrogen (secondary N) is 1. The molecule has 1 aromatic carbocycles. The molecule has 0 saturated carbocycles. The van der Waals surface area contributed by atoms with E-state index in [-0.39, 0.29) is 0 Å². The lowest BCUT2D eigenvalue weighted by atomic mass is 10.2. The third-order valence-corrected chi connectivity index (χ3v) is 3.63. The van der Waals surface area contributed by atoms with Gasteiger partial charge in [0, 0.05) is 12.2 Å². The van der Waals surface area contributed by atoms with Crippen LogP contribution < -0.4 is 10.5 Å². The molecule has 0 radical (unpaired) electrons. The van der Waals surface area contributed by atoms with Crippen molar-refractivity contribution in [2.75, 3.05) is 4.72 Å². The van der Waals surface area contributed by atoms with Crippen molar-refractivity contribution in [3.63, 3.8) is 0 Å². The Labute approximate surface area is 94.9 Å². The van der Waals surface area contributed by atoms with Gasteiger partial charge in [-0.3, -0.25) is 4.72 Å². The Balaban J connectivity index is 2.93. The van der Waals surface area contributed by atoms with Gasteiger partial charge in [-0.05, 0) is 24.6 Å². The third-order valence-electron chi connectivity index (χ3n) is 2.07. The summed E-state index contributed by atoms with van der Waals surface area (Å²) in [6, 6.07) is 8.43. The van der Waals surface area contributed by atoms with Crippen molar-refractivity contribution in [3.05, 3.63) is 29.8 Å². The average molecular weight is 239 g/mol. The van der Waals surface area contributed by atoms with Crippen molar-refractivity contribution in [1.82, 2.24) is 0 Å². The molecule has 86 valence electrons. The zero-order valence-electron chi connectivity index (χ0n) is 8.84. The fraction of sp³-hybridized carbons (Fsp3) is 0.300. The first-order valence-corrected chi connectivity index (χ1v) is 6.24. The van der Waals surface area contributed by atoms with Crippen molar-refractivity contribution in [3.8, 4) is 6.07 Å². The Morgan fingerprint density at radius 1 is 1.56 bits per heavy atom. The standard InChI is InChI=1S/C10H13N3O2S/c1-8(6-11)16(14,15)13-10-4-2-3-9(5-10)7-12/h2-5,8,13H,7,12H2,1H3. The van der Waals surface area contributed by atoms with Gasteiger partial charge in [0.15, 0.2) is 5.25 Å². The van der Waals surface area contributed by atoms with Crippen LogP contribution in [0.4, 0.5) is 5.69 Å². The van der Waals surface area contributed by atoms with Crippen molar-refractivity contribution in [2.24, 2.45) is 5.73 Å². The number of hydrogen-bond donors (Lipinski definition) is 2. The molecule has 1 aromatic rings. The number of nitriles is 1. The molecule has 0 saturated heterocycles. The number of nitrogens with two attached hydrogens (primary N) is 1. The average Bonchev–Trinajstić information content (AvgIpc) is 2.27. The van der Waals surface area contributed by atoms with E-state index in [2.05, 4.69) is 4.72 Å². The SMILES string of the molecule is CC(C#N)S(=O)(=O)Nc1cccc(CN)c1. The predicted octanol–water partition coefficient (Wildman–Crippen LogP) is 0.799. The zero-order chi connectivity index (χ0) is 12.2. The number of benzene rings is 1. The van der Waals surface area contributed by atoms with Crippen LogP contribution in [-0.4, -0.2) is 13.7 Å². The molecular weight excluding hydrogens is 226 g/mol. The summed E-state index contributed by atoms with van der Waals surface area (Å²) in [5.74, 6) is 0. The fourth-order valence-electron chi connectivity index (χ4n) is 1.08. The van der Waals surface area contributed by atoms with E-state index in [4.69, 9.17) is 11.0 Å². The van der Waals surface area contributed by atoms with Crippen molar-refractivity contribution >= 4 is 15.7 Å². The molecule has 6 heteroatoms. The molecule has 0 spiro atoms. The molecule has 0 aromatic heterocycles. The highest BCUT2D eigenvalue weighted by Crippen LogP contribution is 2.13. The van der Waals surface area contributed by atoms with Gasteiger partial charge in [0.05, 0.1) is 6.07 Å². The number of hydrogen-bond acceptors (Lipinski definition) is 4. The van der Waals surface area contributed by atoms with Crippen LogP contribution in [-0.2, 0) is 16.6 Å². The second-order valence-corrected chi connectivity index (χ2v) is 5.32. The minimum atomic E-state index is -3.64. The first-order chi connectivity index (χ1) is 7.49. The van der Waals surface area contributed by atoms with Crippen molar-refractivity contribution in [2.45, 2.75) is 18.7 Å². The van der Waals surface area contributed by atoms with Crippen LogP contribution in [0.3, 0.4) is 0 Å². The van der Waals surface area contributed by atoms with Gasteiger partial charge in [-0.25, -0.2) is 8.42 Å². The van der Waals surface area contributed by atoms with Gasteiger partial charge >= 0.3 is 0 Å². The highest BCUT2D eigenvalue weighted by molar-refractivity contribution is 7.93. The quantitative estimate of drug-likeness (QED) is 0.812. The molecule has 16 heavy (non-hydrogen) atoms. The second-order valence-electron chi connectivity index (χ2n) is 3.32. The van der Waals surface area contributed by atoms with E-state index in [0.717, 1.165) is 5.56 Å². The third kappa shape index (κ3) is 2.95. The Kier molecular flexibility index (Phi) is 3.88. The summed E-state index contributed by atoms with van der Waals surface area (Å²) >= 11 is 0. The van der Waals surface area contributed by atoms with Crippen LogP contribution in [0.2, 0.25) is 0 Å². The van der Waals surface area contributed by atoms with Crippen LogP contribution in [0.1, 0.15) is 12.5 Å². The molecule has 0 amide bonds. The molecule has 1 unspecified atom stereocenters. The molecule has 0 aliphatic rings. The van der Waals surface area contributed by atoms with E-state index in [0.29, 0.717) is 12.2 Å². The Hall–Kier alpha value is -1.58. The summed E-state index contributed by atoms with van der Waals surface area (Å²) in [5.41, 5.74) is 6.68. The van der Waals surface area contributed by atoms with Crippen molar-refractivity contribution < 1.29 is 8.42 Å². The summed E-state index contributed by atoms with van der Waals surface area (Å²) in [4.78, 5) is 0. The van der Waals surface area contributed by atoms with Gasteiger partial charge in [-0.1, -0.05) is 12.1 Å². The Bertz CT molecular complexity index is 505. The van der Waals surface area contributed by atoms with Crippen molar-refractivity contribution in [1.29, 1.82) is 5.26 Å². The maximum Gasteiger partial charge on any atom is 0.248 e. The lowest BCUT2D eigenvalue weighted by molar-refractivity contribution is 0.597. The number of nitrogens with zero attached hydrogens (tertiary/aromatic N) is 1. The van der Waals surface area contributed by atoms with E-state index >= 15 is 0 Å². The van der Waals surface area contributed by atoms with Gasteiger partial charge in [-0.2, -0.15) is 5.26 Å². The predicted molar refractivity (Wildman–Crippen MR) is 62.0 cm³/mol. The molecule has 0 heterocycles. The Morgan fingerprint density at radius 2 is 2.25 bits per heavy atom. The topological polar surface area (TPSA) is 96.0 Å². The van der Waals surface area contributed by atoms with E-state index in [1.807, 2.05) is 0 Å². The number of anilines is 1. The number of sulfonamides is 1. The molecule has 0 aliphatic carbocycles. The molecule has 0 aliphatic heterocycles. The minimum Gasteiger partial charge on any atom is -0.326 e. The fourth-order valence-corrected chi connectivity index (χ4v) is 1.85. The van der Waals surface area contributed by atoms with Gasteiger partial charge in [0.25, 0.3) is 0 Å². The highest BCUT2D eigenvalue weighted by Gasteiger charge is 2.19. The van der Waals surface area contributed by atoms with Crippen LogP contribution in [0.25, 0.3) is 0 Å². The van der Waals surface area contributed by atoms with E-state index in [9.17, 15) is 8.42 Å². The second kappa shape index (κ2) is 4.96. The van der Waals surface area contributed by atoms with E-state index in [1.165, 1.54) is 6.92 Å². The summed E-state index contributed by atoms with van der Waals surface area (Å²) in [6.07, 6.45) is 0. The maximum atomic E-state index is 11.6. The first kappa shape index (κ1) is 12.5. The summed E-state index contributed by atoms with van der Waals surface area (Å²) < 4.78 is 25.5. The number of rotatable bonds is 4. The molecule has 5 nitrogen and oxygen atoms in total. The smallest absolute Gasteiger partial charge is 0.248 e. The normalized spacial score (nSPS) is 12.8. The van der Waals surface area contributed by atoms with E-state index in [1.54, 1.807) is 30.3 Å².